The van der Waals surface area contributed by atoms with Crippen LogP contribution in [0, 0.1) is 0 Å². The largest absolute Gasteiger partial charge is 0.493 e. The summed E-state index contributed by atoms with van der Waals surface area (Å²) in [7, 11) is 3.05. The number of allylic oxidation sites excluding steroid dienone is 1. The van der Waals surface area contributed by atoms with Gasteiger partial charge in [-0.15, -0.1) is 0 Å². The molecule has 4 rings (SSSR count). The Balaban J connectivity index is 2.02. The molecule has 0 spiro atoms. The van der Waals surface area contributed by atoms with Crippen molar-refractivity contribution in [2.24, 2.45) is 4.99 Å². The highest BCUT2D eigenvalue weighted by Gasteiger charge is 2.35. The van der Waals surface area contributed by atoms with Crippen LogP contribution in [-0.2, 0) is 9.53 Å². The van der Waals surface area contributed by atoms with Gasteiger partial charge in [0.15, 0.2) is 16.3 Å². The third kappa shape index (κ3) is 4.85. The molecule has 1 atom stereocenters. The zero-order valence-electron chi connectivity index (χ0n) is 19.7. The maximum absolute atomic E-state index is 13.8. The van der Waals surface area contributed by atoms with Crippen LogP contribution in [0.1, 0.15) is 31.0 Å². The Labute approximate surface area is 229 Å². The number of halogens is 3. The highest BCUT2D eigenvalue weighted by atomic mass is 79.9. The first-order chi connectivity index (χ1) is 17.2. The van der Waals surface area contributed by atoms with Crippen LogP contribution < -0.4 is 24.4 Å². The van der Waals surface area contributed by atoms with Crippen molar-refractivity contribution < 1.29 is 19.0 Å². The molecule has 0 amide bonds. The second kappa shape index (κ2) is 10.8. The Morgan fingerprint density at radius 3 is 2.53 bits per heavy atom. The summed E-state index contributed by atoms with van der Waals surface area (Å²) in [5, 5.41) is 0.905. The molecule has 7 nitrogen and oxygen atoms in total. The predicted octanol–water partition coefficient (Wildman–Crippen LogP) is 4.88. The van der Waals surface area contributed by atoms with Gasteiger partial charge in [-0.3, -0.25) is 9.36 Å². The molecule has 2 heterocycles. The number of ether oxygens (including phenoxy) is 3. The summed E-state index contributed by atoms with van der Waals surface area (Å²) in [6.45, 7) is 3.62. The molecule has 188 valence electrons. The maximum Gasteiger partial charge on any atom is 0.338 e. The number of methoxy groups -OCH3 is 2. The third-order valence-corrected chi connectivity index (χ3v) is 7.80. The van der Waals surface area contributed by atoms with Crippen LogP contribution in [0.2, 0.25) is 10.0 Å². The Morgan fingerprint density at radius 1 is 1.19 bits per heavy atom. The first-order valence-corrected chi connectivity index (χ1v) is 13.1. The molecule has 0 unspecified atom stereocenters. The Kier molecular flexibility index (Phi) is 7.94. The normalized spacial score (nSPS) is 15.4. The second-order valence-electron chi connectivity index (χ2n) is 7.70. The van der Waals surface area contributed by atoms with Crippen LogP contribution in [0.4, 0.5) is 0 Å². The van der Waals surface area contributed by atoms with Crippen LogP contribution in [-0.4, -0.2) is 31.4 Å². The number of carbonyl (C=O) groups excluding carboxylic acids is 1. The summed E-state index contributed by atoms with van der Waals surface area (Å²) in [6, 6.07) is 7.69. The minimum atomic E-state index is -0.822. The quantitative estimate of drug-likeness (QED) is 0.371. The van der Waals surface area contributed by atoms with Crippen LogP contribution in [0.5, 0.6) is 11.5 Å². The van der Waals surface area contributed by atoms with Crippen molar-refractivity contribution in [3.8, 4) is 11.5 Å². The molecule has 0 bridgehead atoms. The van der Waals surface area contributed by atoms with Gasteiger partial charge in [0.1, 0.15) is 0 Å². The van der Waals surface area contributed by atoms with E-state index in [1.165, 1.54) is 30.1 Å². The van der Waals surface area contributed by atoms with Crippen molar-refractivity contribution in [2.75, 3.05) is 20.8 Å². The average Bonchev–Trinajstić information content (AvgIpc) is 3.14. The first-order valence-electron chi connectivity index (χ1n) is 10.8. The van der Waals surface area contributed by atoms with E-state index in [0.717, 1.165) is 0 Å². The van der Waals surface area contributed by atoms with Gasteiger partial charge in [-0.2, -0.15) is 0 Å². The fourth-order valence-corrected chi connectivity index (χ4v) is 5.96. The molecule has 0 radical (unpaired) electrons. The fraction of sp³-hybridized carbons (Fsp3) is 0.240. The van der Waals surface area contributed by atoms with E-state index in [9.17, 15) is 9.59 Å². The smallest absolute Gasteiger partial charge is 0.338 e. The molecule has 0 saturated carbocycles. The van der Waals surface area contributed by atoms with E-state index < -0.39 is 12.0 Å². The van der Waals surface area contributed by atoms with E-state index in [1.807, 2.05) is 0 Å². The van der Waals surface area contributed by atoms with E-state index in [2.05, 4.69) is 20.9 Å². The predicted molar refractivity (Wildman–Crippen MR) is 144 cm³/mol. The number of fused-ring (bicyclic) bond motifs is 1. The molecule has 0 fully saturated rings. The standard InChI is InChI=1S/C25H21BrCl2N2O5S/c1-5-35-24(32)21-12(2)29-25-30(22(21)15-10-18(33-3)19(34-4)11-16(15)26)23(31)20(36-25)8-13-6-7-14(27)9-17(13)28/h6-11,22H,5H2,1-4H3/b20-8-/t22-/m1/s1. The molecule has 2 aromatic carbocycles. The van der Waals surface area contributed by atoms with Crippen LogP contribution in [0.3, 0.4) is 0 Å². The Hall–Kier alpha value is -2.59. The summed E-state index contributed by atoms with van der Waals surface area (Å²) in [6.07, 6.45) is 1.69. The highest BCUT2D eigenvalue weighted by molar-refractivity contribution is 9.10. The van der Waals surface area contributed by atoms with Crippen molar-refractivity contribution in [1.82, 2.24) is 4.57 Å². The van der Waals surface area contributed by atoms with E-state index in [0.29, 0.717) is 52.2 Å². The lowest BCUT2D eigenvalue weighted by atomic mass is 9.95. The molecule has 1 aliphatic rings. The maximum atomic E-state index is 13.8. The Bertz CT molecular complexity index is 1580. The van der Waals surface area contributed by atoms with Crippen molar-refractivity contribution in [3.05, 3.63) is 86.9 Å². The molecule has 1 aromatic heterocycles. The van der Waals surface area contributed by atoms with Gasteiger partial charge in [0.2, 0.25) is 0 Å². The van der Waals surface area contributed by atoms with Gasteiger partial charge < -0.3 is 14.2 Å². The molecule has 3 aromatic rings. The first kappa shape index (κ1) is 26.5. The number of aromatic nitrogens is 1. The van der Waals surface area contributed by atoms with Crippen molar-refractivity contribution in [3.63, 3.8) is 0 Å². The summed E-state index contributed by atoms with van der Waals surface area (Å²) >= 11 is 17.1. The molecular weight excluding hydrogens is 591 g/mol. The number of hydrogen-bond acceptors (Lipinski definition) is 7. The lowest BCUT2D eigenvalue weighted by Crippen LogP contribution is -2.40. The van der Waals surface area contributed by atoms with E-state index in [-0.39, 0.29) is 17.7 Å². The number of benzene rings is 2. The van der Waals surface area contributed by atoms with Crippen LogP contribution in [0.15, 0.2) is 55.9 Å². The SMILES string of the molecule is CCOC(=O)C1=C(C)N=c2s/c(=C\c3ccc(Cl)cc3Cl)c(=O)n2[C@@H]1c1cc(OC)c(OC)cc1Br. The van der Waals surface area contributed by atoms with E-state index in [4.69, 9.17) is 37.4 Å². The van der Waals surface area contributed by atoms with Gasteiger partial charge >= 0.3 is 5.97 Å². The minimum absolute atomic E-state index is 0.176. The number of esters is 1. The van der Waals surface area contributed by atoms with Crippen LogP contribution >= 0.6 is 50.5 Å². The van der Waals surface area contributed by atoms with Gasteiger partial charge in [0, 0.05) is 14.5 Å². The monoisotopic (exact) mass is 610 g/mol. The zero-order valence-corrected chi connectivity index (χ0v) is 23.6. The minimum Gasteiger partial charge on any atom is -0.493 e. The second-order valence-corrected chi connectivity index (χ2v) is 10.4. The summed E-state index contributed by atoms with van der Waals surface area (Å²) in [5.41, 5.74) is 1.63. The van der Waals surface area contributed by atoms with Crippen molar-refractivity contribution in [1.29, 1.82) is 0 Å². The van der Waals surface area contributed by atoms with Crippen LogP contribution in [0.25, 0.3) is 6.08 Å². The van der Waals surface area contributed by atoms with Crippen molar-refractivity contribution >= 4 is 62.5 Å². The molecule has 36 heavy (non-hydrogen) atoms. The van der Waals surface area contributed by atoms with Gasteiger partial charge in [0.25, 0.3) is 5.56 Å². The van der Waals surface area contributed by atoms with Gasteiger partial charge in [-0.25, -0.2) is 9.79 Å². The van der Waals surface area contributed by atoms with Gasteiger partial charge in [-0.05, 0) is 55.3 Å². The molecule has 0 saturated heterocycles. The molecule has 0 aliphatic carbocycles. The summed E-state index contributed by atoms with van der Waals surface area (Å²) < 4.78 is 18.8. The average molecular weight is 612 g/mol. The summed E-state index contributed by atoms with van der Waals surface area (Å²) in [4.78, 5) is 31.9. The number of hydrogen-bond donors (Lipinski definition) is 0. The zero-order chi connectivity index (χ0) is 26.1. The lowest BCUT2D eigenvalue weighted by molar-refractivity contribution is -0.139. The van der Waals surface area contributed by atoms with Gasteiger partial charge in [-0.1, -0.05) is 56.5 Å². The third-order valence-electron chi connectivity index (χ3n) is 5.56. The molecule has 1 aliphatic heterocycles. The highest BCUT2D eigenvalue weighted by Crippen LogP contribution is 2.40. The Morgan fingerprint density at radius 2 is 1.89 bits per heavy atom. The number of nitrogens with zero attached hydrogens (tertiary/aromatic N) is 2. The topological polar surface area (TPSA) is 79.1 Å². The molecular formula is C25H21BrCl2N2O5S. The number of rotatable bonds is 6. The molecule has 0 N–H and O–H groups in total. The van der Waals surface area contributed by atoms with Gasteiger partial charge in [0.05, 0.1) is 42.7 Å². The fourth-order valence-electron chi connectivity index (χ4n) is 3.93. The summed E-state index contributed by atoms with van der Waals surface area (Å²) in [5.74, 6) is 0.389. The van der Waals surface area contributed by atoms with E-state index in [1.54, 1.807) is 50.3 Å². The van der Waals surface area contributed by atoms with E-state index >= 15 is 0 Å². The number of thiazole rings is 1. The lowest BCUT2D eigenvalue weighted by Gasteiger charge is -2.26. The van der Waals surface area contributed by atoms with Crippen molar-refractivity contribution in [2.45, 2.75) is 19.9 Å². The number of carbonyl (C=O) groups is 1. The molecule has 11 heteroatoms.